The fraction of sp³-hybridized carbons (Fsp3) is 0.471. The summed E-state index contributed by atoms with van der Waals surface area (Å²) in [7, 11) is 0. The minimum Gasteiger partial charge on any atom is -0.394 e. The van der Waals surface area contributed by atoms with Gasteiger partial charge in [0.05, 0.1) is 12.0 Å². The molecule has 2 aromatic rings. The molecule has 9 nitrogen and oxygen atoms in total. The first-order chi connectivity index (χ1) is 12.3. The zero-order valence-corrected chi connectivity index (χ0v) is 14.3. The Morgan fingerprint density at radius 3 is 2.81 bits per heavy atom. The maximum Gasteiger partial charge on any atom is 0.199 e. The van der Waals surface area contributed by atoms with Gasteiger partial charge in [0.15, 0.2) is 17.6 Å². The summed E-state index contributed by atoms with van der Waals surface area (Å²) in [5, 5.41) is 30.7. The largest absolute Gasteiger partial charge is 0.394 e. The van der Waals surface area contributed by atoms with Crippen LogP contribution in [0.2, 0.25) is 0 Å². The molecule has 2 aromatic heterocycles. The Morgan fingerprint density at radius 2 is 2.23 bits per heavy atom. The van der Waals surface area contributed by atoms with Crippen molar-refractivity contribution in [1.29, 1.82) is 0 Å². The number of carbonyl (C=O) groups excluding carboxylic acids is 1. The van der Waals surface area contributed by atoms with E-state index < -0.39 is 30.6 Å². The van der Waals surface area contributed by atoms with Crippen molar-refractivity contribution in [2.75, 3.05) is 12.3 Å². The Kier molecular flexibility index (Phi) is 4.46. The lowest BCUT2D eigenvalue weighted by atomic mass is 9.95. The number of rotatable bonds is 4. The van der Waals surface area contributed by atoms with Gasteiger partial charge < -0.3 is 30.4 Å². The number of fused-ring (bicyclic) bond motifs is 1. The van der Waals surface area contributed by atoms with E-state index in [4.69, 9.17) is 16.9 Å². The number of aromatic nitrogens is 3. The van der Waals surface area contributed by atoms with Crippen LogP contribution < -0.4 is 5.73 Å². The number of hydrogen-bond acceptors (Lipinski definition) is 8. The molecule has 0 spiro atoms. The summed E-state index contributed by atoms with van der Waals surface area (Å²) in [6.07, 6.45) is 4.18. The molecule has 26 heavy (non-hydrogen) atoms. The van der Waals surface area contributed by atoms with Crippen LogP contribution in [0.25, 0.3) is 11.0 Å². The lowest BCUT2D eigenvalue weighted by molar-refractivity contribution is -0.0718. The number of nitrogens with zero attached hydrogens (tertiary/aromatic N) is 3. The molecule has 1 aliphatic heterocycles. The molecule has 0 unspecified atom stereocenters. The van der Waals surface area contributed by atoms with Crippen molar-refractivity contribution in [2.45, 2.75) is 37.9 Å². The fourth-order valence-corrected chi connectivity index (χ4v) is 3.14. The van der Waals surface area contributed by atoms with E-state index in [1.165, 1.54) is 17.1 Å². The molecule has 1 fully saturated rings. The average molecular weight is 360 g/mol. The molecular formula is C17H20N4O5. The Morgan fingerprint density at radius 1 is 1.54 bits per heavy atom. The highest BCUT2D eigenvalue weighted by atomic mass is 16.6. The van der Waals surface area contributed by atoms with Crippen LogP contribution in [0.3, 0.4) is 0 Å². The predicted molar refractivity (Wildman–Crippen MR) is 91.9 cm³/mol. The molecule has 0 aromatic carbocycles. The van der Waals surface area contributed by atoms with Gasteiger partial charge in [-0.05, 0) is 0 Å². The summed E-state index contributed by atoms with van der Waals surface area (Å²) in [6.45, 7) is 2.93. The van der Waals surface area contributed by atoms with Crippen LogP contribution in [0, 0.1) is 18.3 Å². The number of nitrogen functional groups attached to an aromatic ring is 1. The molecule has 0 aliphatic carbocycles. The summed E-state index contributed by atoms with van der Waals surface area (Å²) in [6, 6.07) is 0. The number of anilines is 1. The number of hydrogen-bond donors (Lipinski definition) is 4. The topological polar surface area (TPSA) is 144 Å². The van der Waals surface area contributed by atoms with Crippen molar-refractivity contribution in [3.63, 3.8) is 0 Å². The van der Waals surface area contributed by atoms with Crippen molar-refractivity contribution in [3.05, 3.63) is 18.1 Å². The maximum absolute atomic E-state index is 12.6. The quantitative estimate of drug-likeness (QED) is 0.421. The van der Waals surface area contributed by atoms with Crippen molar-refractivity contribution in [1.82, 2.24) is 14.5 Å². The van der Waals surface area contributed by atoms with Gasteiger partial charge in [-0.25, -0.2) is 9.97 Å². The Labute approximate surface area is 149 Å². The van der Waals surface area contributed by atoms with Gasteiger partial charge in [0, 0.05) is 17.7 Å². The van der Waals surface area contributed by atoms with Gasteiger partial charge >= 0.3 is 0 Å². The van der Waals surface area contributed by atoms with Crippen molar-refractivity contribution in [3.8, 4) is 12.3 Å². The van der Waals surface area contributed by atoms with E-state index in [0.29, 0.717) is 5.39 Å². The third-order valence-electron chi connectivity index (χ3n) is 4.58. The molecule has 5 N–H and O–H groups in total. The Hall–Kier alpha value is -2.51. The van der Waals surface area contributed by atoms with Crippen molar-refractivity contribution in [2.24, 2.45) is 5.92 Å². The normalized spacial score (nSPS) is 28.6. The van der Waals surface area contributed by atoms with Crippen LogP contribution in [-0.2, 0) is 4.74 Å². The van der Waals surface area contributed by atoms with Gasteiger partial charge in [-0.3, -0.25) is 4.79 Å². The minimum atomic E-state index is -2.13. The third kappa shape index (κ3) is 2.47. The van der Waals surface area contributed by atoms with E-state index in [2.05, 4.69) is 15.9 Å². The van der Waals surface area contributed by atoms with Gasteiger partial charge in [-0.1, -0.05) is 19.8 Å². The third-order valence-corrected chi connectivity index (χ3v) is 4.58. The summed E-state index contributed by atoms with van der Waals surface area (Å²) in [4.78, 5) is 20.7. The Bertz CT molecular complexity index is 902. The highest BCUT2D eigenvalue weighted by Gasteiger charge is 2.55. The summed E-state index contributed by atoms with van der Waals surface area (Å²) >= 11 is 0. The average Bonchev–Trinajstić information content (AvgIpc) is 3.12. The second-order valence-electron chi connectivity index (χ2n) is 6.55. The number of nitrogens with two attached hydrogens (primary N) is 1. The summed E-state index contributed by atoms with van der Waals surface area (Å²) < 4.78 is 6.92. The van der Waals surface area contributed by atoms with E-state index in [1.54, 1.807) is 13.8 Å². The highest BCUT2D eigenvalue weighted by molar-refractivity contribution is 6.11. The predicted octanol–water partition coefficient (Wildman–Crippen LogP) is -0.533. The number of carbonyl (C=O) groups is 1. The Balaban J connectivity index is 2.25. The molecule has 4 atom stereocenters. The molecule has 3 rings (SSSR count). The SMILES string of the molecule is C#C[C@@]1(O)[C@H](O)[C@@H](CO)O[C@H]1n1cc(C(=O)C(C)C)c2c(N)ncnc21. The molecule has 1 aliphatic rings. The van der Waals surface area contributed by atoms with E-state index in [-0.39, 0.29) is 28.7 Å². The van der Waals surface area contributed by atoms with E-state index in [1.807, 2.05) is 0 Å². The number of aliphatic hydroxyl groups excluding tert-OH is 2. The molecule has 0 radical (unpaired) electrons. The van der Waals surface area contributed by atoms with Gasteiger partial charge in [-0.2, -0.15) is 0 Å². The fourth-order valence-electron chi connectivity index (χ4n) is 3.14. The number of ketones is 1. The van der Waals surface area contributed by atoms with Crippen molar-refractivity contribution < 1.29 is 24.9 Å². The lowest BCUT2D eigenvalue weighted by Crippen LogP contribution is -2.45. The molecule has 138 valence electrons. The first-order valence-corrected chi connectivity index (χ1v) is 8.06. The molecule has 0 saturated carbocycles. The summed E-state index contributed by atoms with van der Waals surface area (Å²) in [5.74, 6) is 1.71. The van der Waals surface area contributed by atoms with Crippen LogP contribution >= 0.6 is 0 Å². The maximum atomic E-state index is 12.6. The first kappa shape index (κ1) is 18.3. The first-order valence-electron chi connectivity index (χ1n) is 8.06. The van der Waals surface area contributed by atoms with Gasteiger partial charge in [0.25, 0.3) is 0 Å². The number of terminal acetylenes is 1. The standard InChI is InChI=1S/C17H20N4O5/c1-4-17(25)13(24)10(6-22)26-16(17)21-5-9(12(23)8(2)3)11-14(18)19-7-20-15(11)21/h1,5,7-8,10,13,16,22,24-25H,6H2,2-3H3,(H2,18,19,20)/t10-,13-,16-,17-/m1/s1. The summed E-state index contributed by atoms with van der Waals surface area (Å²) in [5.41, 5.74) is 4.30. The van der Waals surface area contributed by atoms with E-state index in [9.17, 15) is 20.1 Å². The molecule has 9 heteroatoms. The lowest BCUT2D eigenvalue weighted by Gasteiger charge is -2.26. The number of ether oxygens (including phenoxy) is 1. The van der Waals surface area contributed by atoms with Crippen LogP contribution in [0.5, 0.6) is 0 Å². The second kappa shape index (κ2) is 6.34. The van der Waals surface area contributed by atoms with E-state index >= 15 is 0 Å². The zero-order valence-electron chi connectivity index (χ0n) is 14.3. The van der Waals surface area contributed by atoms with Crippen molar-refractivity contribution >= 4 is 22.6 Å². The molecule has 0 amide bonds. The smallest absolute Gasteiger partial charge is 0.199 e. The second-order valence-corrected chi connectivity index (χ2v) is 6.55. The van der Waals surface area contributed by atoms with Gasteiger partial charge in [-0.15, -0.1) is 6.42 Å². The molecular weight excluding hydrogens is 340 g/mol. The number of aliphatic hydroxyl groups is 3. The molecule has 1 saturated heterocycles. The number of Topliss-reactive ketones (excluding diaryl/α,β-unsaturated/α-hetero) is 1. The monoisotopic (exact) mass is 360 g/mol. The van der Waals surface area contributed by atoms with Crippen LogP contribution in [0.4, 0.5) is 5.82 Å². The van der Waals surface area contributed by atoms with E-state index in [0.717, 1.165) is 0 Å². The van der Waals surface area contributed by atoms with Gasteiger partial charge in [0.2, 0.25) is 0 Å². The highest BCUT2D eigenvalue weighted by Crippen LogP contribution is 2.41. The molecule has 3 heterocycles. The van der Waals surface area contributed by atoms with Crippen LogP contribution in [0.1, 0.15) is 30.4 Å². The molecule has 0 bridgehead atoms. The minimum absolute atomic E-state index is 0.0965. The van der Waals surface area contributed by atoms with Gasteiger partial charge in [0.1, 0.15) is 30.0 Å². The zero-order chi connectivity index (χ0) is 19.2. The van der Waals surface area contributed by atoms with Crippen LogP contribution in [0.15, 0.2) is 12.5 Å². The van der Waals surface area contributed by atoms with Crippen LogP contribution in [-0.4, -0.2) is 60.1 Å².